The molecule has 0 aliphatic carbocycles. The first kappa shape index (κ1) is 16.8. The van der Waals surface area contributed by atoms with E-state index in [2.05, 4.69) is 10.2 Å². The van der Waals surface area contributed by atoms with E-state index < -0.39 is 17.7 Å². The molecule has 1 amide bonds. The fourth-order valence-corrected chi connectivity index (χ4v) is 2.81. The van der Waals surface area contributed by atoms with Crippen LogP contribution >= 0.6 is 0 Å². The molecule has 1 aliphatic rings. The number of carbonyl (C=O) groups excluding carboxylic acids is 1. The van der Waals surface area contributed by atoms with Gasteiger partial charge in [-0.3, -0.25) is 4.79 Å². The fraction of sp³-hybridized carbons (Fsp3) is 0.562. The van der Waals surface area contributed by atoms with E-state index >= 15 is 0 Å². The van der Waals surface area contributed by atoms with E-state index in [0.29, 0.717) is 24.4 Å². The van der Waals surface area contributed by atoms with E-state index in [0.717, 1.165) is 38.1 Å². The lowest BCUT2D eigenvalue weighted by Gasteiger charge is -2.33. The number of piperidine rings is 1. The van der Waals surface area contributed by atoms with Crippen molar-refractivity contribution in [3.8, 4) is 0 Å². The fourth-order valence-electron chi connectivity index (χ4n) is 2.81. The van der Waals surface area contributed by atoms with Crippen molar-refractivity contribution in [2.45, 2.75) is 25.4 Å². The first-order valence-corrected chi connectivity index (χ1v) is 7.55. The standard InChI is InChI=1S/C16H22F2N2O2/c1-19-16(22)8-11-4-6-20(7-5-11)10-15(21)12-2-3-13(17)14(18)9-12/h2-3,9,11,15,21H,4-8,10H2,1H3,(H,19,22). The Bertz CT molecular complexity index is 517. The summed E-state index contributed by atoms with van der Waals surface area (Å²) in [6.45, 7) is 1.97. The molecular formula is C16H22F2N2O2. The largest absolute Gasteiger partial charge is 0.387 e. The van der Waals surface area contributed by atoms with Gasteiger partial charge in [-0.15, -0.1) is 0 Å². The minimum atomic E-state index is -0.944. The second kappa shape index (κ2) is 7.65. The van der Waals surface area contributed by atoms with Crippen LogP contribution in [0.2, 0.25) is 0 Å². The number of nitrogens with zero attached hydrogens (tertiary/aromatic N) is 1. The van der Waals surface area contributed by atoms with Crippen LogP contribution in [0.3, 0.4) is 0 Å². The summed E-state index contributed by atoms with van der Waals surface area (Å²) in [5, 5.41) is 12.8. The van der Waals surface area contributed by atoms with Crippen molar-refractivity contribution in [3.05, 3.63) is 35.4 Å². The molecule has 0 aromatic heterocycles. The highest BCUT2D eigenvalue weighted by atomic mass is 19.2. The maximum absolute atomic E-state index is 13.2. The smallest absolute Gasteiger partial charge is 0.220 e. The normalized spacial score (nSPS) is 18.2. The van der Waals surface area contributed by atoms with Crippen molar-refractivity contribution in [3.63, 3.8) is 0 Å². The van der Waals surface area contributed by atoms with E-state index in [4.69, 9.17) is 0 Å². The monoisotopic (exact) mass is 312 g/mol. The Morgan fingerprint density at radius 2 is 2.05 bits per heavy atom. The van der Waals surface area contributed by atoms with Gasteiger partial charge >= 0.3 is 0 Å². The maximum Gasteiger partial charge on any atom is 0.220 e. The molecule has 0 saturated carbocycles. The van der Waals surface area contributed by atoms with E-state index in [-0.39, 0.29) is 5.91 Å². The average Bonchev–Trinajstić information content (AvgIpc) is 2.51. The summed E-state index contributed by atoms with van der Waals surface area (Å²) in [7, 11) is 1.63. The predicted molar refractivity (Wildman–Crippen MR) is 79.2 cm³/mol. The number of hydrogen-bond donors (Lipinski definition) is 2. The zero-order chi connectivity index (χ0) is 16.1. The molecule has 0 bridgehead atoms. The van der Waals surface area contributed by atoms with Crippen LogP contribution in [0.1, 0.15) is 30.9 Å². The minimum Gasteiger partial charge on any atom is -0.387 e. The molecule has 1 aliphatic heterocycles. The highest BCUT2D eigenvalue weighted by Gasteiger charge is 2.23. The summed E-state index contributed by atoms with van der Waals surface area (Å²) in [4.78, 5) is 13.4. The molecule has 1 heterocycles. The topological polar surface area (TPSA) is 52.6 Å². The predicted octanol–water partition coefficient (Wildman–Crippen LogP) is 1.85. The van der Waals surface area contributed by atoms with Crippen LogP contribution in [0, 0.1) is 17.6 Å². The molecule has 2 rings (SSSR count). The number of benzene rings is 1. The summed E-state index contributed by atoms with van der Waals surface area (Å²) in [6.07, 6.45) is 1.50. The van der Waals surface area contributed by atoms with Crippen molar-refractivity contribution in [2.75, 3.05) is 26.7 Å². The van der Waals surface area contributed by atoms with Gasteiger partial charge in [0.05, 0.1) is 6.10 Å². The van der Waals surface area contributed by atoms with Crippen molar-refractivity contribution >= 4 is 5.91 Å². The Morgan fingerprint density at radius 3 is 2.64 bits per heavy atom. The molecule has 1 saturated heterocycles. The number of rotatable bonds is 5. The number of aliphatic hydroxyl groups excluding tert-OH is 1. The Kier molecular flexibility index (Phi) is 5.85. The van der Waals surface area contributed by atoms with Crippen LogP contribution in [0.25, 0.3) is 0 Å². The zero-order valence-electron chi connectivity index (χ0n) is 12.7. The summed E-state index contributed by atoms with van der Waals surface area (Å²) in [5.74, 6) is -1.43. The van der Waals surface area contributed by atoms with Gasteiger partial charge in [-0.25, -0.2) is 8.78 Å². The highest BCUT2D eigenvalue weighted by Crippen LogP contribution is 2.23. The van der Waals surface area contributed by atoms with Gasteiger partial charge in [0.1, 0.15) is 0 Å². The molecule has 1 fully saturated rings. The molecular weight excluding hydrogens is 290 g/mol. The third-order valence-corrected chi connectivity index (χ3v) is 4.22. The number of halogens is 2. The zero-order valence-corrected chi connectivity index (χ0v) is 12.7. The van der Waals surface area contributed by atoms with Gasteiger partial charge in [-0.05, 0) is 49.5 Å². The first-order chi connectivity index (χ1) is 10.5. The Hall–Kier alpha value is -1.53. The number of β-amino-alcohol motifs (C(OH)–C–C–N with tert-alkyl or cyclic N) is 1. The summed E-state index contributed by atoms with van der Waals surface area (Å²) >= 11 is 0. The second-order valence-electron chi connectivity index (χ2n) is 5.81. The first-order valence-electron chi connectivity index (χ1n) is 7.55. The summed E-state index contributed by atoms with van der Waals surface area (Å²) < 4.78 is 26.1. The van der Waals surface area contributed by atoms with Gasteiger partial charge in [0.25, 0.3) is 0 Å². The van der Waals surface area contributed by atoms with Crippen molar-refractivity contribution in [2.24, 2.45) is 5.92 Å². The molecule has 2 N–H and O–H groups in total. The number of amides is 1. The lowest BCUT2D eigenvalue weighted by Crippen LogP contribution is -2.37. The molecule has 0 spiro atoms. The highest BCUT2D eigenvalue weighted by molar-refractivity contribution is 5.75. The van der Waals surface area contributed by atoms with Crippen molar-refractivity contribution < 1.29 is 18.7 Å². The van der Waals surface area contributed by atoms with Crippen LogP contribution in [-0.2, 0) is 4.79 Å². The lowest BCUT2D eigenvalue weighted by atomic mass is 9.93. The lowest BCUT2D eigenvalue weighted by molar-refractivity contribution is -0.121. The molecule has 4 nitrogen and oxygen atoms in total. The van der Waals surface area contributed by atoms with E-state index in [9.17, 15) is 18.7 Å². The van der Waals surface area contributed by atoms with Crippen LogP contribution in [-0.4, -0.2) is 42.6 Å². The van der Waals surface area contributed by atoms with Gasteiger partial charge in [-0.1, -0.05) is 6.07 Å². The van der Waals surface area contributed by atoms with Crippen LogP contribution in [0.15, 0.2) is 18.2 Å². The average molecular weight is 312 g/mol. The summed E-state index contributed by atoms with van der Waals surface area (Å²) in [6, 6.07) is 3.48. The molecule has 1 aromatic carbocycles. The third kappa shape index (κ3) is 4.48. The Balaban J connectivity index is 1.82. The van der Waals surface area contributed by atoms with E-state index in [1.807, 2.05) is 0 Å². The molecule has 1 aromatic rings. The van der Waals surface area contributed by atoms with Crippen LogP contribution in [0.4, 0.5) is 8.78 Å². The number of carbonyl (C=O) groups is 1. The quantitative estimate of drug-likeness (QED) is 0.872. The molecule has 6 heteroatoms. The number of nitrogens with one attached hydrogen (secondary N) is 1. The van der Waals surface area contributed by atoms with Gasteiger partial charge in [-0.2, -0.15) is 0 Å². The van der Waals surface area contributed by atoms with Gasteiger partial charge in [0.15, 0.2) is 11.6 Å². The van der Waals surface area contributed by atoms with Crippen molar-refractivity contribution in [1.82, 2.24) is 10.2 Å². The molecule has 0 radical (unpaired) electrons. The third-order valence-electron chi connectivity index (χ3n) is 4.22. The van der Waals surface area contributed by atoms with Crippen molar-refractivity contribution in [1.29, 1.82) is 0 Å². The van der Waals surface area contributed by atoms with Crippen LogP contribution in [0.5, 0.6) is 0 Å². The second-order valence-corrected chi connectivity index (χ2v) is 5.81. The van der Waals surface area contributed by atoms with Gasteiger partial charge in [0, 0.05) is 20.0 Å². The van der Waals surface area contributed by atoms with Crippen LogP contribution < -0.4 is 5.32 Å². The summed E-state index contributed by atoms with van der Waals surface area (Å²) in [5.41, 5.74) is 0.381. The molecule has 1 atom stereocenters. The number of aliphatic hydroxyl groups is 1. The van der Waals surface area contributed by atoms with Gasteiger partial charge < -0.3 is 15.3 Å². The SMILES string of the molecule is CNC(=O)CC1CCN(CC(O)c2ccc(F)c(F)c2)CC1. The number of hydrogen-bond acceptors (Lipinski definition) is 3. The Labute approximate surface area is 129 Å². The number of likely N-dealkylation sites (tertiary alicyclic amines) is 1. The van der Waals surface area contributed by atoms with Gasteiger partial charge in [0.2, 0.25) is 5.91 Å². The Morgan fingerprint density at radius 1 is 1.36 bits per heavy atom. The molecule has 122 valence electrons. The van der Waals surface area contributed by atoms with E-state index in [1.54, 1.807) is 7.05 Å². The molecule has 1 unspecified atom stereocenters. The molecule has 22 heavy (non-hydrogen) atoms. The minimum absolute atomic E-state index is 0.0558. The maximum atomic E-state index is 13.2. The van der Waals surface area contributed by atoms with E-state index in [1.165, 1.54) is 6.07 Å².